The van der Waals surface area contributed by atoms with Gasteiger partial charge in [0.05, 0.1) is 19.6 Å². The number of carbonyl (C=O) groups excluding carboxylic acids is 2. The van der Waals surface area contributed by atoms with E-state index < -0.39 is 6.04 Å². The summed E-state index contributed by atoms with van der Waals surface area (Å²) in [5.74, 6) is -0.398. The maximum atomic E-state index is 11.9. The fourth-order valence-corrected chi connectivity index (χ4v) is 2.01. The number of nitrogens with one attached hydrogen (secondary N) is 1. The molecule has 18 heavy (non-hydrogen) atoms. The first kappa shape index (κ1) is 14.9. The predicted octanol–water partition coefficient (Wildman–Crippen LogP) is -0.192. The Balaban J connectivity index is 2.36. The zero-order chi connectivity index (χ0) is 13.5. The van der Waals surface area contributed by atoms with Crippen molar-refractivity contribution in [1.82, 2.24) is 5.32 Å². The Kier molecular flexibility index (Phi) is 6.07. The van der Waals surface area contributed by atoms with Gasteiger partial charge in [-0.15, -0.1) is 0 Å². The number of amides is 1. The van der Waals surface area contributed by atoms with Crippen LogP contribution in [0.2, 0.25) is 0 Å². The summed E-state index contributed by atoms with van der Waals surface area (Å²) in [6.07, 6.45) is 1.77. The average Bonchev–Trinajstić information content (AvgIpc) is 2.38. The molecule has 3 N–H and O–H groups in total. The first-order valence-electron chi connectivity index (χ1n) is 6.25. The lowest BCUT2D eigenvalue weighted by molar-refractivity contribution is -0.141. The van der Waals surface area contributed by atoms with E-state index >= 15 is 0 Å². The van der Waals surface area contributed by atoms with Crippen LogP contribution in [0, 0.1) is 5.92 Å². The Morgan fingerprint density at radius 1 is 1.44 bits per heavy atom. The van der Waals surface area contributed by atoms with Crippen LogP contribution in [0.25, 0.3) is 0 Å². The Morgan fingerprint density at radius 2 is 2.06 bits per heavy atom. The van der Waals surface area contributed by atoms with E-state index in [1.54, 1.807) is 6.92 Å². The van der Waals surface area contributed by atoms with Gasteiger partial charge in [-0.1, -0.05) is 0 Å². The number of ether oxygens (including phenoxy) is 2. The molecule has 1 heterocycles. The maximum Gasteiger partial charge on any atom is 0.307 e. The third kappa shape index (κ3) is 4.62. The molecule has 0 aromatic carbocycles. The summed E-state index contributed by atoms with van der Waals surface area (Å²) in [5, 5.41) is 2.74. The van der Waals surface area contributed by atoms with Gasteiger partial charge in [0.2, 0.25) is 5.91 Å². The smallest absolute Gasteiger partial charge is 0.307 e. The van der Waals surface area contributed by atoms with Crippen molar-refractivity contribution >= 4 is 11.9 Å². The van der Waals surface area contributed by atoms with Crippen molar-refractivity contribution in [3.8, 4) is 0 Å². The van der Waals surface area contributed by atoms with Crippen LogP contribution in [0.1, 0.15) is 26.2 Å². The summed E-state index contributed by atoms with van der Waals surface area (Å²) in [6.45, 7) is 3.07. The van der Waals surface area contributed by atoms with E-state index in [4.69, 9.17) is 10.5 Å². The summed E-state index contributed by atoms with van der Waals surface area (Å²) in [7, 11) is 1.32. The number of hydrogen-bond acceptors (Lipinski definition) is 5. The van der Waals surface area contributed by atoms with E-state index in [1.165, 1.54) is 7.11 Å². The first-order chi connectivity index (χ1) is 8.54. The van der Waals surface area contributed by atoms with Crippen molar-refractivity contribution in [2.75, 3.05) is 20.3 Å². The fraction of sp³-hybridized carbons (Fsp3) is 0.833. The molecule has 0 spiro atoms. The molecule has 1 amide bonds. The lowest BCUT2D eigenvalue weighted by Gasteiger charge is -2.27. The van der Waals surface area contributed by atoms with Crippen LogP contribution in [0.5, 0.6) is 0 Å². The minimum absolute atomic E-state index is 0.155. The summed E-state index contributed by atoms with van der Waals surface area (Å²) in [6, 6.07) is -0.801. The lowest BCUT2D eigenvalue weighted by atomic mass is 9.91. The normalized spacial score (nSPS) is 19.9. The number of methoxy groups -OCH3 is 1. The van der Waals surface area contributed by atoms with E-state index in [0.29, 0.717) is 13.2 Å². The number of nitrogens with two attached hydrogens (primary N) is 1. The molecule has 0 aliphatic carbocycles. The molecule has 1 fully saturated rings. The van der Waals surface area contributed by atoms with Crippen molar-refractivity contribution in [2.45, 2.75) is 38.3 Å². The average molecular weight is 258 g/mol. The van der Waals surface area contributed by atoms with Crippen LogP contribution in [-0.2, 0) is 19.1 Å². The molecule has 0 bridgehead atoms. The van der Waals surface area contributed by atoms with Gasteiger partial charge in [-0.2, -0.15) is 0 Å². The Labute approximate surface area is 107 Å². The van der Waals surface area contributed by atoms with Gasteiger partial charge >= 0.3 is 5.97 Å². The van der Waals surface area contributed by atoms with Crippen LogP contribution in [0.3, 0.4) is 0 Å². The maximum absolute atomic E-state index is 11.9. The summed E-state index contributed by atoms with van der Waals surface area (Å²) < 4.78 is 9.77. The molecule has 1 aliphatic rings. The number of carbonyl (C=O) groups is 2. The van der Waals surface area contributed by atoms with Crippen molar-refractivity contribution in [2.24, 2.45) is 11.7 Å². The van der Waals surface area contributed by atoms with Gasteiger partial charge in [0, 0.05) is 19.3 Å². The van der Waals surface area contributed by atoms with Gasteiger partial charge in [0.15, 0.2) is 0 Å². The summed E-state index contributed by atoms with van der Waals surface area (Å²) >= 11 is 0. The molecule has 6 nitrogen and oxygen atoms in total. The third-order valence-corrected chi connectivity index (χ3v) is 3.17. The highest BCUT2D eigenvalue weighted by Gasteiger charge is 2.27. The molecule has 1 aliphatic heterocycles. The standard InChI is InChI=1S/C12H22N2O4/c1-8(7-10(15)17-2)14-12(16)11(13)9-3-5-18-6-4-9/h8-9,11H,3-7,13H2,1-2H3,(H,14,16). The molecular weight excluding hydrogens is 236 g/mol. The van der Waals surface area contributed by atoms with Gasteiger partial charge in [0.1, 0.15) is 0 Å². The van der Waals surface area contributed by atoms with E-state index in [2.05, 4.69) is 10.1 Å². The van der Waals surface area contributed by atoms with Gasteiger partial charge in [-0.3, -0.25) is 9.59 Å². The van der Waals surface area contributed by atoms with Gasteiger partial charge in [-0.05, 0) is 25.7 Å². The van der Waals surface area contributed by atoms with Crippen molar-refractivity contribution in [3.05, 3.63) is 0 Å². The zero-order valence-electron chi connectivity index (χ0n) is 11.0. The minimum atomic E-state index is -0.533. The van der Waals surface area contributed by atoms with E-state index in [1.807, 2.05) is 0 Å². The largest absolute Gasteiger partial charge is 0.469 e. The van der Waals surface area contributed by atoms with Crippen LogP contribution >= 0.6 is 0 Å². The molecule has 6 heteroatoms. The number of esters is 1. The molecule has 2 unspecified atom stereocenters. The second-order valence-corrected chi connectivity index (χ2v) is 4.67. The molecule has 2 atom stereocenters. The quantitative estimate of drug-likeness (QED) is 0.667. The lowest BCUT2D eigenvalue weighted by Crippen LogP contribution is -2.49. The second-order valence-electron chi connectivity index (χ2n) is 4.67. The molecule has 0 aromatic heterocycles. The SMILES string of the molecule is COC(=O)CC(C)NC(=O)C(N)C1CCOCC1. The van der Waals surface area contributed by atoms with Crippen LogP contribution in [0.15, 0.2) is 0 Å². The zero-order valence-corrected chi connectivity index (χ0v) is 11.0. The monoisotopic (exact) mass is 258 g/mol. The van der Waals surface area contributed by atoms with Gasteiger partial charge < -0.3 is 20.5 Å². The van der Waals surface area contributed by atoms with Crippen LogP contribution in [-0.4, -0.2) is 44.3 Å². The van der Waals surface area contributed by atoms with Gasteiger partial charge in [-0.25, -0.2) is 0 Å². The van der Waals surface area contributed by atoms with E-state index in [0.717, 1.165) is 12.8 Å². The molecule has 0 saturated carbocycles. The van der Waals surface area contributed by atoms with Crippen molar-refractivity contribution < 1.29 is 19.1 Å². The van der Waals surface area contributed by atoms with E-state index in [-0.39, 0.29) is 30.3 Å². The van der Waals surface area contributed by atoms with Crippen molar-refractivity contribution in [3.63, 3.8) is 0 Å². The van der Waals surface area contributed by atoms with Gasteiger partial charge in [0.25, 0.3) is 0 Å². The van der Waals surface area contributed by atoms with E-state index in [9.17, 15) is 9.59 Å². The van der Waals surface area contributed by atoms with Crippen molar-refractivity contribution in [1.29, 1.82) is 0 Å². The minimum Gasteiger partial charge on any atom is -0.469 e. The topological polar surface area (TPSA) is 90.7 Å². The third-order valence-electron chi connectivity index (χ3n) is 3.17. The number of rotatable bonds is 5. The molecule has 104 valence electrons. The fourth-order valence-electron chi connectivity index (χ4n) is 2.01. The highest BCUT2D eigenvalue weighted by atomic mass is 16.5. The summed E-state index contributed by atoms with van der Waals surface area (Å²) in [5.41, 5.74) is 5.92. The van der Waals surface area contributed by atoms with Crippen LogP contribution in [0.4, 0.5) is 0 Å². The highest BCUT2D eigenvalue weighted by molar-refractivity contribution is 5.82. The highest BCUT2D eigenvalue weighted by Crippen LogP contribution is 2.17. The molecule has 1 saturated heterocycles. The molecule has 0 radical (unpaired) electrons. The molecular formula is C12H22N2O4. The second kappa shape index (κ2) is 7.33. The summed E-state index contributed by atoms with van der Waals surface area (Å²) in [4.78, 5) is 22.9. The molecule has 0 aromatic rings. The Bertz CT molecular complexity index is 290. The first-order valence-corrected chi connectivity index (χ1v) is 6.25. The Hall–Kier alpha value is -1.14. The Morgan fingerprint density at radius 3 is 2.61 bits per heavy atom. The van der Waals surface area contributed by atoms with Crippen LogP contribution < -0.4 is 11.1 Å². The number of hydrogen-bond donors (Lipinski definition) is 2. The molecule has 1 rings (SSSR count). The predicted molar refractivity (Wildman–Crippen MR) is 65.8 cm³/mol.